The molecular weight excluding hydrogens is 425 g/mol. The molecule has 4 rings (SSSR count). The Labute approximate surface area is 182 Å². The number of benzene rings is 1. The SMILES string of the molecule is COC12CCCC1(C)C(=O)c1c(C)c(=O)c(C(=O)NCc3ccc(F)c(F)c3F)cn1C2. The Kier molecular flexibility index (Phi) is 5.27. The maximum absolute atomic E-state index is 13.9. The fourth-order valence-electron chi connectivity index (χ4n) is 5.10. The second-order valence-corrected chi connectivity index (χ2v) is 8.70. The summed E-state index contributed by atoms with van der Waals surface area (Å²) < 4.78 is 47.8. The summed E-state index contributed by atoms with van der Waals surface area (Å²) in [5.74, 6) is -5.37. The van der Waals surface area contributed by atoms with Crippen molar-refractivity contribution in [3.63, 3.8) is 0 Å². The number of carbonyl (C=O) groups is 2. The average molecular weight is 448 g/mol. The topological polar surface area (TPSA) is 77.4 Å². The summed E-state index contributed by atoms with van der Waals surface area (Å²) in [5, 5.41) is 2.37. The molecule has 1 aromatic heterocycles. The van der Waals surface area contributed by atoms with Gasteiger partial charge in [-0.05, 0) is 39.2 Å². The van der Waals surface area contributed by atoms with Crippen molar-refractivity contribution in [3.05, 3.63) is 68.4 Å². The molecule has 32 heavy (non-hydrogen) atoms. The molecule has 1 fully saturated rings. The van der Waals surface area contributed by atoms with Crippen LogP contribution in [0.25, 0.3) is 0 Å². The van der Waals surface area contributed by atoms with E-state index in [1.165, 1.54) is 13.1 Å². The number of aromatic nitrogens is 1. The number of nitrogens with zero attached hydrogens (tertiary/aromatic N) is 1. The summed E-state index contributed by atoms with van der Waals surface area (Å²) in [5.41, 5.74) is -2.18. The Morgan fingerprint density at radius 1 is 1.19 bits per heavy atom. The lowest BCUT2D eigenvalue weighted by Gasteiger charge is -2.46. The zero-order valence-corrected chi connectivity index (χ0v) is 18.0. The highest BCUT2D eigenvalue weighted by Crippen LogP contribution is 2.53. The highest BCUT2D eigenvalue weighted by molar-refractivity contribution is 6.03. The lowest BCUT2D eigenvalue weighted by molar-refractivity contribution is -0.0890. The van der Waals surface area contributed by atoms with Crippen LogP contribution in [0.2, 0.25) is 0 Å². The second kappa shape index (κ2) is 7.58. The molecule has 1 aliphatic carbocycles. The van der Waals surface area contributed by atoms with Crippen molar-refractivity contribution in [3.8, 4) is 0 Å². The van der Waals surface area contributed by atoms with E-state index in [-0.39, 0.29) is 28.2 Å². The fourth-order valence-corrected chi connectivity index (χ4v) is 5.10. The van der Waals surface area contributed by atoms with E-state index in [0.29, 0.717) is 19.4 Å². The van der Waals surface area contributed by atoms with E-state index in [9.17, 15) is 27.6 Å². The molecule has 2 aliphatic rings. The minimum Gasteiger partial charge on any atom is -0.375 e. The number of Topliss-reactive ketones (excluding diaryl/α,β-unsaturated/α-hetero) is 1. The molecule has 170 valence electrons. The van der Waals surface area contributed by atoms with Crippen LogP contribution < -0.4 is 10.7 Å². The van der Waals surface area contributed by atoms with E-state index in [4.69, 9.17) is 4.74 Å². The number of carbonyl (C=O) groups excluding carboxylic acids is 2. The second-order valence-electron chi connectivity index (χ2n) is 8.70. The molecule has 0 radical (unpaired) electrons. The smallest absolute Gasteiger partial charge is 0.257 e. The van der Waals surface area contributed by atoms with Crippen LogP contribution in [0.3, 0.4) is 0 Å². The van der Waals surface area contributed by atoms with Crippen molar-refractivity contribution in [2.45, 2.75) is 51.8 Å². The summed E-state index contributed by atoms with van der Waals surface area (Å²) in [4.78, 5) is 39.0. The number of pyridine rings is 1. The predicted octanol–water partition coefficient (Wildman–Crippen LogP) is 3.28. The molecule has 2 heterocycles. The van der Waals surface area contributed by atoms with Gasteiger partial charge < -0.3 is 14.6 Å². The first-order chi connectivity index (χ1) is 15.1. The third-order valence-electron chi connectivity index (χ3n) is 7.11. The Bertz CT molecular complexity index is 1210. The van der Waals surface area contributed by atoms with Crippen LogP contribution in [0.4, 0.5) is 13.2 Å². The van der Waals surface area contributed by atoms with Crippen LogP contribution in [-0.4, -0.2) is 29.0 Å². The number of rotatable bonds is 4. The standard InChI is InChI=1S/C23H23F3N2O4/c1-12-18-20(30)22(2)7-4-8-23(22,32-3)11-28(18)10-14(19(12)29)21(31)27-9-13-5-6-15(24)17(26)16(13)25/h5-6,10H,4,7-9,11H2,1-3H3,(H,27,31). The third kappa shape index (κ3) is 3.02. The van der Waals surface area contributed by atoms with Gasteiger partial charge in [-0.3, -0.25) is 14.4 Å². The van der Waals surface area contributed by atoms with Crippen LogP contribution >= 0.6 is 0 Å². The Morgan fingerprint density at radius 2 is 1.91 bits per heavy atom. The Hall–Kier alpha value is -2.94. The summed E-state index contributed by atoms with van der Waals surface area (Å²) in [6, 6.07) is 1.77. The van der Waals surface area contributed by atoms with Gasteiger partial charge in [0.2, 0.25) is 0 Å². The molecule has 6 nitrogen and oxygen atoms in total. The first-order valence-electron chi connectivity index (χ1n) is 10.3. The van der Waals surface area contributed by atoms with Gasteiger partial charge >= 0.3 is 0 Å². The van der Waals surface area contributed by atoms with Gasteiger partial charge in [0.25, 0.3) is 5.91 Å². The van der Waals surface area contributed by atoms with Crippen LogP contribution in [0.5, 0.6) is 0 Å². The number of methoxy groups -OCH3 is 1. The van der Waals surface area contributed by atoms with E-state index in [0.717, 1.165) is 18.6 Å². The van der Waals surface area contributed by atoms with Crippen LogP contribution in [0.1, 0.15) is 58.2 Å². The molecule has 2 atom stereocenters. The molecular formula is C23H23F3N2O4. The van der Waals surface area contributed by atoms with Gasteiger partial charge in [-0.25, -0.2) is 13.2 Å². The van der Waals surface area contributed by atoms with Gasteiger partial charge in [0.1, 0.15) is 5.56 Å². The highest BCUT2D eigenvalue weighted by atomic mass is 19.2. The van der Waals surface area contributed by atoms with Gasteiger partial charge in [0, 0.05) is 31.0 Å². The number of halogens is 3. The Morgan fingerprint density at radius 3 is 2.59 bits per heavy atom. The number of hydrogen-bond donors (Lipinski definition) is 1. The lowest BCUT2D eigenvalue weighted by Crippen LogP contribution is -2.56. The van der Waals surface area contributed by atoms with Gasteiger partial charge in [0.15, 0.2) is 28.7 Å². The minimum absolute atomic E-state index is 0.152. The van der Waals surface area contributed by atoms with Crippen molar-refractivity contribution in [2.75, 3.05) is 7.11 Å². The molecule has 2 aromatic rings. The fraction of sp³-hybridized carbons (Fsp3) is 0.435. The van der Waals surface area contributed by atoms with Crippen LogP contribution in [0.15, 0.2) is 23.1 Å². The average Bonchev–Trinajstić information content (AvgIpc) is 3.11. The molecule has 9 heteroatoms. The summed E-state index contributed by atoms with van der Waals surface area (Å²) in [6.07, 6.45) is 3.45. The number of hydrogen-bond acceptors (Lipinski definition) is 4. The summed E-state index contributed by atoms with van der Waals surface area (Å²) in [6.45, 7) is 3.22. The number of amides is 1. The molecule has 0 saturated heterocycles. The quantitative estimate of drug-likeness (QED) is 0.729. The molecule has 2 unspecified atom stereocenters. The Balaban J connectivity index is 1.69. The molecule has 1 aromatic carbocycles. The molecule has 0 spiro atoms. The van der Waals surface area contributed by atoms with Gasteiger partial charge in [0.05, 0.1) is 23.3 Å². The number of fused-ring (bicyclic) bond motifs is 2. The van der Waals surface area contributed by atoms with Crippen molar-refractivity contribution in [1.82, 2.24) is 9.88 Å². The van der Waals surface area contributed by atoms with Crippen molar-refractivity contribution < 1.29 is 27.5 Å². The van der Waals surface area contributed by atoms with Crippen molar-refractivity contribution in [2.24, 2.45) is 5.41 Å². The largest absolute Gasteiger partial charge is 0.375 e. The maximum atomic E-state index is 13.9. The predicted molar refractivity (Wildman–Crippen MR) is 109 cm³/mol. The van der Waals surface area contributed by atoms with E-state index >= 15 is 0 Å². The monoisotopic (exact) mass is 448 g/mol. The third-order valence-corrected chi connectivity index (χ3v) is 7.11. The molecule has 1 aliphatic heterocycles. The first-order valence-corrected chi connectivity index (χ1v) is 10.3. The first kappa shape index (κ1) is 22.3. The van der Waals surface area contributed by atoms with E-state index < -0.39 is 46.3 Å². The number of nitrogens with one attached hydrogen (secondary N) is 1. The highest BCUT2D eigenvalue weighted by Gasteiger charge is 2.60. The lowest BCUT2D eigenvalue weighted by atomic mass is 9.68. The van der Waals surface area contributed by atoms with Crippen molar-refractivity contribution >= 4 is 11.7 Å². The van der Waals surface area contributed by atoms with E-state index in [2.05, 4.69) is 5.32 Å². The van der Waals surface area contributed by atoms with Gasteiger partial charge in [-0.1, -0.05) is 6.07 Å². The number of ketones is 1. The summed E-state index contributed by atoms with van der Waals surface area (Å²) in [7, 11) is 1.56. The zero-order valence-electron chi connectivity index (χ0n) is 18.0. The number of ether oxygens (including phenoxy) is 1. The molecule has 0 bridgehead atoms. The van der Waals surface area contributed by atoms with Crippen LogP contribution in [0, 0.1) is 29.8 Å². The summed E-state index contributed by atoms with van der Waals surface area (Å²) >= 11 is 0. The van der Waals surface area contributed by atoms with Gasteiger partial charge in [-0.15, -0.1) is 0 Å². The zero-order chi connectivity index (χ0) is 23.4. The maximum Gasteiger partial charge on any atom is 0.257 e. The molecule has 1 N–H and O–H groups in total. The minimum atomic E-state index is -1.63. The molecule has 1 saturated carbocycles. The van der Waals surface area contributed by atoms with Gasteiger partial charge in [-0.2, -0.15) is 0 Å². The normalized spacial score (nSPS) is 24.2. The van der Waals surface area contributed by atoms with Crippen molar-refractivity contribution in [1.29, 1.82) is 0 Å². The van der Waals surface area contributed by atoms with E-state index in [1.54, 1.807) is 11.7 Å². The molecule has 1 amide bonds. The van der Waals surface area contributed by atoms with E-state index in [1.807, 2.05) is 6.92 Å². The van der Waals surface area contributed by atoms with Crippen LogP contribution in [-0.2, 0) is 17.8 Å².